The Morgan fingerprint density at radius 1 is 1.42 bits per heavy atom. The first kappa shape index (κ1) is 13.5. The van der Waals surface area contributed by atoms with E-state index in [1.165, 1.54) is 23.5 Å². The first-order chi connectivity index (χ1) is 8.98. The van der Waals surface area contributed by atoms with Crippen molar-refractivity contribution in [2.45, 2.75) is 6.18 Å². The molecule has 0 unspecified atom stereocenters. The molecule has 1 heterocycles. The van der Waals surface area contributed by atoms with E-state index in [1.54, 1.807) is 6.07 Å². The van der Waals surface area contributed by atoms with Crippen LogP contribution >= 0.6 is 11.3 Å². The van der Waals surface area contributed by atoms with E-state index in [2.05, 4.69) is 21.0 Å². The zero-order valence-electron chi connectivity index (χ0n) is 9.62. The zero-order chi connectivity index (χ0) is 13.9. The summed E-state index contributed by atoms with van der Waals surface area (Å²) in [7, 11) is 0. The predicted molar refractivity (Wildman–Crippen MR) is 68.5 cm³/mol. The fraction of sp³-hybridized carbons (Fsp3) is 0.250. The molecule has 100 valence electrons. The van der Waals surface area contributed by atoms with Gasteiger partial charge in [-0.1, -0.05) is 17.3 Å². The number of aromatic nitrogens is 1. The Labute approximate surface area is 111 Å². The lowest BCUT2D eigenvalue weighted by atomic mass is 10.3. The quantitative estimate of drug-likeness (QED) is 0.876. The molecular weight excluding hydrogens is 277 g/mol. The van der Waals surface area contributed by atoms with Gasteiger partial charge in [-0.3, -0.25) is 0 Å². The smallest absolute Gasteiger partial charge is 0.422 e. The van der Waals surface area contributed by atoms with Gasteiger partial charge in [0.1, 0.15) is 5.75 Å². The van der Waals surface area contributed by atoms with Crippen LogP contribution in [0.25, 0.3) is 10.2 Å². The van der Waals surface area contributed by atoms with E-state index >= 15 is 0 Å². The molecule has 3 nitrogen and oxygen atoms in total. The van der Waals surface area contributed by atoms with Crippen molar-refractivity contribution in [3.05, 3.63) is 18.2 Å². The molecule has 1 aromatic heterocycles. The van der Waals surface area contributed by atoms with Crippen LogP contribution in [0.1, 0.15) is 0 Å². The van der Waals surface area contributed by atoms with E-state index in [0.29, 0.717) is 17.2 Å². The van der Waals surface area contributed by atoms with Gasteiger partial charge in [0.05, 0.1) is 16.8 Å². The van der Waals surface area contributed by atoms with Crippen LogP contribution in [0, 0.1) is 12.3 Å². The van der Waals surface area contributed by atoms with Crippen LogP contribution in [0.3, 0.4) is 0 Å². The minimum absolute atomic E-state index is 0.164. The predicted octanol–water partition coefficient (Wildman–Crippen LogP) is 3.28. The molecule has 2 aromatic rings. The van der Waals surface area contributed by atoms with E-state index < -0.39 is 12.8 Å². The van der Waals surface area contributed by atoms with Gasteiger partial charge in [-0.05, 0) is 18.2 Å². The van der Waals surface area contributed by atoms with E-state index in [9.17, 15) is 13.2 Å². The van der Waals surface area contributed by atoms with Crippen LogP contribution in [0.15, 0.2) is 18.2 Å². The van der Waals surface area contributed by atoms with Crippen molar-refractivity contribution < 1.29 is 17.9 Å². The minimum atomic E-state index is -4.35. The second kappa shape index (κ2) is 5.36. The zero-order valence-corrected chi connectivity index (χ0v) is 10.4. The number of thiazole rings is 1. The van der Waals surface area contributed by atoms with Crippen molar-refractivity contribution in [3.8, 4) is 18.1 Å². The second-order valence-corrected chi connectivity index (χ2v) is 4.64. The summed E-state index contributed by atoms with van der Waals surface area (Å²) in [6.07, 6.45) is 0.768. The van der Waals surface area contributed by atoms with Crippen LogP contribution in [0.4, 0.5) is 18.3 Å². The highest BCUT2D eigenvalue weighted by Gasteiger charge is 2.28. The number of nitrogens with one attached hydrogen (secondary N) is 1. The van der Waals surface area contributed by atoms with Crippen molar-refractivity contribution in [1.29, 1.82) is 0 Å². The molecule has 0 fully saturated rings. The normalized spacial score (nSPS) is 11.3. The van der Waals surface area contributed by atoms with Gasteiger partial charge in [0.15, 0.2) is 11.7 Å². The topological polar surface area (TPSA) is 34.2 Å². The first-order valence-electron chi connectivity index (χ1n) is 5.25. The van der Waals surface area contributed by atoms with E-state index in [1.807, 2.05) is 0 Å². The maximum absolute atomic E-state index is 12.0. The molecule has 0 amide bonds. The Balaban J connectivity index is 2.14. The van der Waals surface area contributed by atoms with Gasteiger partial charge < -0.3 is 10.1 Å². The molecule has 2 rings (SSSR count). The van der Waals surface area contributed by atoms with Crippen LogP contribution < -0.4 is 10.1 Å². The lowest BCUT2D eigenvalue weighted by molar-refractivity contribution is -0.153. The SMILES string of the molecule is C#CCNc1nc2ccc(OCC(F)(F)F)cc2s1. The number of terminal acetylenes is 1. The molecule has 19 heavy (non-hydrogen) atoms. The van der Waals surface area contributed by atoms with Gasteiger partial charge in [-0.15, -0.1) is 6.42 Å². The highest BCUT2D eigenvalue weighted by atomic mass is 32.1. The third-order valence-corrected chi connectivity index (χ3v) is 3.08. The summed E-state index contributed by atoms with van der Waals surface area (Å²) in [6.45, 7) is -0.962. The van der Waals surface area contributed by atoms with Gasteiger partial charge in [-0.25, -0.2) is 4.98 Å². The summed E-state index contributed by atoms with van der Waals surface area (Å²) < 4.78 is 41.5. The minimum Gasteiger partial charge on any atom is -0.484 e. The first-order valence-corrected chi connectivity index (χ1v) is 6.07. The van der Waals surface area contributed by atoms with Crippen LogP contribution in [0.5, 0.6) is 5.75 Å². The Bertz CT molecular complexity index is 615. The number of hydrogen-bond acceptors (Lipinski definition) is 4. The van der Waals surface area contributed by atoms with Crippen LogP contribution in [-0.2, 0) is 0 Å². The molecule has 0 saturated heterocycles. The third kappa shape index (κ3) is 3.76. The summed E-state index contributed by atoms with van der Waals surface area (Å²) in [6, 6.07) is 4.59. The lowest BCUT2D eigenvalue weighted by Crippen LogP contribution is -2.19. The molecule has 0 saturated carbocycles. The van der Waals surface area contributed by atoms with Gasteiger partial charge in [0.2, 0.25) is 0 Å². The molecule has 0 aliphatic heterocycles. The molecule has 7 heteroatoms. The number of rotatable bonds is 4. The van der Waals surface area contributed by atoms with E-state index in [-0.39, 0.29) is 5.75 Å². The van der Waals surface area contributed by atoms with Crippen molar-refractivity contribution in [1.82, 2.24) is 4.98 Å². The molecule has 0 aliphatic carbocycles. The second-order valence-electron chi connectivity index (χ2n) is 3.61. The van der Waals surface area contributed by atoms with Gasteiger partial charge in [-0.2, -0.15) is 13.2 Å². The monoisotopic (exact) mass is 286 g/mol. The number of hydrogen-bond donors (Lipinski definition) is 1. The van der Waals surface area contributed by atoms with Crippen molar-refractivity contribution in [2.24, 2.45) is 0 Å². The Kier molecular flexibility index (Phi) is 3.81. The van der Waals surface area contributed by atoms with Crippen molar-refractivity contribution in [2.75, 3.05) is 18.5 Å². The number of fused-ring (bicyclic) bond motifs is 1. The Hall–Kier alpha value is -1.94. The summed E-state index contributed by atoms with van der Waals surface area (Å²) in [5, 5.41) is 3.54. The number of benzene rings is 1. The van der Waals surface area contributed by atoms with Crippen molar-refractivity contribution in [3.63, 3.8) is 0 Å². The fourth-order valence-electron chi connectivity index (χ4n) is 1.36. The van der Waals surface area contributed by atoms with Crippen LogP contribution in [-0.4, -0.2) is 24.3 Å². The largest absolute Gasteiger partial charge is 0.484 e. The molecule has 0 bridgehead atoms. The van der Waals surface area contributed by atoms with Gasteiger partial charge in [0, 0.05) is 0 Å². The summed E-state index contributed by atoms with van der Waals surface area (Å²) >= 11 is 1.31. The summed E-state index contributed by atoms with van der Waals surface area (Å²) in [5.41, 5.74) is 0.684. The summed E-state index contributed by atoms with van der Waals surface area (Å²) in [4.78, 5) is 4.23. The fourth-order valence-corrected chi connectivity index (χ4v) is 2.25. The molecule has 0 radical (unpaired) electrons. The number of anilines is 1. The number of halogens is 3. The number of ether oxygens (including phenoxy) is 1. The average molecular weight is 286 g/mol. The third-order valence-electron chi connectivity index (χ3n) is 2.10. The molecule has 0 spiro atoms. The van der Waals surface area contributed by atoms with E-state index in [4.69, 9.17) is 6.42 Å². The lowest BCUT2D eigenvalue weighted by Gasteiger charge is -2.08. The van der Waals surface area contributed by atoms with E-state index in [0.717, 1.165) is 4.70 Å². The maximum atomic E-state index is 12.0. The molecule has 1 N–H and O–H groups in total. The van der Waals surface area contributed by atoms with Gasteiger partial charge in [0.25, 0.3) is 0 Å². The van der Waals surface area contributed by atoms with Crippen LogP contribution in [0.2, 0.25) is 0 Å². The summed E-state index contributed by atoms with van der Waals surface area (Å²) in [5.74, 6) is 2.58. The molecular formula is C12H9F3N2OS. The highest BCUT2D eigenvalue weighted by molar-refractivity contribution is 7.22. The standard InChI is InChI=1S/C12H9F3N2OS/c1-2-5-16-11-17-9-4-3-8(6-10(9)19-11)18-7-12(13,14)15/h1,3-4,6H,5,7H2,(H,16,17). The Morgan fingerprint density at radius 2 is 2.21 bits per heavy atom. The molecule has 1 aromatic carbocycles. The Morgan fingerprint density at radius 3 is 2.89 bits per heavy atom. The maximum Gasteiger partial charge on any atom is 0.422 e. The number of nitrogens with zero attached hydrogens (tertiary/aromatic N) is 1. The number of alkyl halides is 3. The van der Waals surface area contributed by atoms with Crippen molar-refractivity contribution >= 4 is 26.7 Å². The molecule has 0 aliphatic rings. The molecule has 0 atom stereocenters. The highest BCUT2D eigenvalue weighted by Crippen LogP contribution is 2.29. The average Bonchev–Trinajstić information content (AvgIpc) is 2.74. The van der Waals surface area contributed by atoms with Gasteiger partial charge >= 0.3 is 6.18 Å².